The maximum Gasteiger partial charge on any atom is 0.251 e. The Kier molecular flexibility index (Phi) is 7.43. The summed E-state index contributed by atoms with van der Waals surface area (Å²) in [6.07, 6.45) is 1.47. The SMILES string of the molecule is CC(C(=O)N1CCN(C(=O)C2CCCO2)CC1)C(N)c1ccccc1.Cl. The van der Waals surface area contributed by atoms with Crippen LogP contribution < -0.4 is 5.73 Å². The Balaban J connectivity index is 0.00000243. The third-order valence-electron chi connectivity index (χ3n) is 5.22. The number of amides is 2. The fourth-order valence-electron chi connectivity index (χ4n) is 3.53. The van der Waals surface area contributed by atoms with Crippen molar-refractivity contribution < 1.29 is 14.3 Å². The lowest BCUT2D eigenvalue weighted by atomic mass is 9.94. The second-order valence-electron chi connectivity index (χ2n) is 6.88. The highest BCUT2D eigenvalue weighted by Gasteiger charge is 2.33. The minimum absolute atomic E-state index is 0. The molecule has 6 nitrogen and oxygen atoms in total. The second kappa shape index (κ2) is 9.35. The summed E-state index contributed by atoms with van der Waals surface area (Å²) in [5.41, 5.74) is 7.24. The Morgan fingerprint density at radius 3 is 2.31 bits per heavy atom. The first-order chi connectivity index (χ1) is 12.1. The molecule has 2 heterocycles. The molecule has 1 aromatic rings. The first-order valence-electron chi connectivity index (χ1n) is 9.07. The van der Waals surface area contributed by atoms with Crippen molar-refractivity contribution in [1.29, 1.82) is 0 Å². The van der Waals surface area contributed by atoms with Gasteiger partial charge in [0.2, 0.25) is 5.91 Å². The standard InChI is InChI=1S/C19H27N3O3.ClH/c1-14(17(20)15-6-3-2-4-7-15)18(23)21-9-11-22(12-10-21)19(24)16-8-5-13-25-16;/h2-4,6-7,14,16-17H,5,8-13,20H2,1H3;1H. The van der Waals surface area contributed by atoms with Gasteiger partial charge in [-0.25, -0.2) is 0 Å². The lowest BCUT2D eigenvalue weighted by Crippen LogP contribution is -2.54. The van der Waals surface area contributed by atoms with Crippen molar-refractivity contribution >= 4 is 24.2 Å². The number of carbonyl (C=O) groups excluding carboxylic acids is 2. The van der Waals surface area contributed by atoms with Gasteiger partial charge in [0.1, 0.15) is 6.10 Å². The van der Waals surface area contributed by atoms with Gasteiger partial charge >= 0.3 is 0 Å². The number of ether oxygens (including phenoxy) is 1. The van der Waals surface area contributed by atoms with Crippen molar-refractivity contribution in [3.63, 3.8) is 0 Å². The molecule has 3 atom stereocenters. The van der Waals surface area contributed by atoms with E-state index < -0.39 is 0 Å². The van der Waals surface area contributed by atoms with Crippen molar-refractivity contribution in [1.82, 2.24) is 9.80 Å². The molecule has 2 N–H and O–H groups in total. The molecule has 2 aliphatic rings. The van der Waals surface area contributed by atoms with Crippen LogP contribution in [0.25, 0.3) is 0 Å². The molecule has 0 spiro atoms. The molecule has 2 saturated heterocycles. The molecule has 2 fully saturated rings. The summed E-state index contributed by atoms with van der Waals surface area (Å²) in [4.78, 5) is 28.8. The number of halogens is 1. The summed E-state index contributed by atoms with van der Waals surface area (Å²) in [6, 6.07) is 9.39. The van der Waals surface area contributed by atoms with Crippen LogP contribution in [0.3, 0.4) is 0 Å². The van der Waals surface area contributed by atoms with Gasteiger partial charge in [0, 0.05) is 38.8 Å². The molecular weight excluding hydrogens is 354 g/mol. The molecule has 3 unspecified atom stereocenters. The zero-order chi connectivity index (χ0) is 17.8. The van der Waals surface area contributed by atoms with E-state index in [2.05, 4.69) is 0 Å². The first kappa shape index (κ1) is 20.7. The fourth-order valence-corrected chi connectivity index (χ4v) is 3.53. The van der Waals surface area contributed by atoms with Gasteiger partial charge in [-0.3, -0.25) is 9.59 Å². The summed E-state index contributed by atoms with van der Waals surface area (Å²) >= 11 is 0. The van der Waals surface area contributed by atoms with Crippen LogP contribution in [-0.4, -0.2) is 60.5 Å². The van der Waals surface area contributed by atoms with Crippen LogP contribution in [0.1, 0.15) is 31.4 Å². The third-order valence-corrected chi connectivity index (χ3v) is 5.22. The van der Waals surface area contributed by atoms with Gasteiger partial charge in [-0.15, -0.1) is 12.4 Å². The third kappa shape index (κ3) is 4.55. The molecule has 2 aliphatic heterocycles. The largest absolute Gasteiger partial charge is 0.368 e. The second-order valence-corrected chi connectivity index (χ2v) is 6.88. The molecule has 0 aliphatic carbocycles. The molecule has 0 saturated carbocycles. The van der Waals surface area contributed by atoms with Crippen LogP contribution in [0.5, 0.6) is 0 Å². The maximum absolute atomic E-state index is 12.8. The average Bonchev–Trinajstić information content (AvgIpc) is 3.21. The fraction of sp³-hybridized carbons (Fsp3) is 0.579. The normalized spacial score (nSPS) is 22.5. The smallest absolute Gasteiger partial charge is 0.251 e. The zero-order valence-electron chi connectivity index (χ0n) is 15.2. The van der Waals surface area contributed by atoms with E-state index in [4.69, 9.17) is 10.5 Å². The van der Waals surface area contributed by atoms with Crippen LogP contribution in [0, 0.1) is 5.92 Å². The molecular formula is C19H28ClN3O3. The number of hydrogen-bond acceptors (Lipinski definition) is 4. The van der Waals surface area contributed by atoms with Gasteiger partial charge in [0.05, 0.1) is 5.92 Å². The highest BCUT2D eigenvalue weighted by Crippen LogP contribution is 2.22. The van der Waals surface area contributed by atoms with E-state index in [0.29, 0.717) is 32.8 Å². The summed E-state index contributed by atoms with van der Waals surface area (Å²) in [5.74, 6) is -0.165. The number of carbonyl (C=O) groups is 2. The van der Waals surface area contributed by atoms with Gasteiger partial charge in [0.25, 0.3) is 5.91 Å². The molecule has 0 bridgehead atoms. The number of nitrogens with two attached hydrogens (primary N) is 1. The van der Waals surface area contributed by atoms with Crippen molar-refractivity contribution in [2.45, 2.75) is 31.9 Å². The quantitative estimate of drug-likeness (QED) is 0.859. The van der Waals surface area contributed by atoms with Crippen LogP contribution in [-0.2, 0) is 14.3 Å². The van der Waals surface area contributed by atoms with Gasteiger partial charge in [-0.05, 0) is 18.4 Å². The monoisotopic (exact) mass is 381 g/mol. The van der Waals surface area contributed by atoms with Gasteiger partial charge in [0.15, 0.2) is 0 Å². The predicted octanol–water partition coefficient (Wildman–Crippen LogP) is 1.59. The van der Waals surface area contributed by atoms with Gasteiger partial charge in [-0.1, -0.05) is 37.3 Å². The van der Waals surface area contributed by atoms with Crippen molar-refractivity contribution in [2.75, 3.05) is 32.8 Å². The predicted molar refractivity (Wildman–Crippen MR) is 102 cm³/mol. The lowest BCUT2D eigenvalue weighted by Gasteiger charge is -2.37. The minimum Gasteiger partial charge on any atom is -0.368 e. The van der Waals surface area contributed by atoms with Crippen molar-refractivity contribution in [3.05, 3.63) is 35.9 Å². The Morgan fingerprint density at radius 2 is 1.73 bits per heavy atom. The molecule has 0 aromatic heterocycles. The van der Waals surface area contributed by atoms with E-state index in [1.54, 1.807) is 0 Å². The topological polar surface area (TPSA) is 75.9 Å². The molecule has 7 heteroatoms. The molecule has 0 radical (unpaired) electrons. The van der Waals surface area contributed by atoms with Crippen LogP contribution >= 0.6 is 12.4 Å². The maximum atomic E-state index is 12.8. The lowest BCUT2D eigenvalue weighted by molar-refractivity contribution is -0.147. The van der Waals surface area contributed by atoms with Crippen LogP contribution in [0.15, 0.2) is 30.3 Å². The number of piperazine rings is 1. The van der Waals surface area contributed by atoms with E-state index in [-0.39, 0.29) is 42.3 Å². The highest BCUT2D eigenvalue weighted by molar-refractivity contribution is 5.85. The summed E-state index contributed by atoms with van der Waals surface area (Å²) in [6.45, 7) is 4.80. The Hall–Kier alpha value is -1.63. The highest BCUT2D eigenvalue weighted by atomic mass is 35.5. The van der Waals surface area contributed by atoms with Crippen molar-refractivity contribution in [2.24, 2.45) is 11.7 Å². The molecule has 26 heavy (non-hydrogen) atoms. The van der Waals surface area contributed by atoms with E-state index in [9.17, 15) is 9.59 Å². The van der Waals surface area contributed by atoms with Gasteiger partial charge < -0.3 is 20.3 Å². The van der Waals surface area contributed by atoms with Crippen LogP contribution in [0.2, 0.25) is 0 Å². The summed E-state index contributed by atoms with van der Waals surface area (Å²) < 4.78 is 5.47. The van der Waals surface area contributed by atoms with Crippen LogP contribution in [0.4, 0.5) is 0 Å². The number of hydrogen-bond donors (Lipinski definition) is 1. The van der Waals surface area contributed by atoms with Gasteiger partial charge in [-0.2, -0.15) is 0 Å². The summed E-state index contributed by atoms with van der Waals surface area (Å²) in [7, 11) is 0. The average molecular weight is 382 g/mol. The van der Waals surface area contributed by atoms with E-state index in [1.165, 1.54) is 0 Å². The van der Waals surface area contributed by atoms with E-state index >= 15 is 0 Å². The number of benzene rings is 1. The van der Waals surface area contributed by atoms with Crippen molar-refractivity contribution in [3.8, 4) is 0 Å². The van der Waals surface area contributed by atoms with E-state index in [1.807, 2.05) is 47.1 Å². The molecule has 144 valence electrons. The Bertz CT molecular complexity index is 599. The molecule has 3 rings (SSSR count). The number of nitrogens with zero attached hydrogens (tertiary/aromatic N) is 2. The molecule has 2 amide bonds. The summed E-state index contributed by atoms with van der Waals surface area (Å²) in [5, 5.41) is 0. The van der Waals surface area contributed by atoms with E-state index in [0.717, 1.165) is 18.4 Å². The first-order valence-corrected chi connectivity index (χ1v) is 9.07. The zero-order valence-corrected chi connectivity index (χ0v) is 16.0. The minimum atomic E-state index is -0.319. The number of rotatable bonds is 4. The molecule has 1 aromatic carbocycles. The Morgan fingerprint density at radius 1 is 1.12 bits per heavy atom. The Labute approximate surface area is 161 Å².